The number of anilines is 2. The van der Waals surface area contributed by atoms with E-state index in [2.05, 4.69) is 20.6 Å². The molecule has 148 valence electrons. The van der Waals surface area contributed by atoms with Crippen LogP contribution in [-0.2, 0) is 11.2 Å². The molecule has 30 heavy (non-hydrogen) atoms. The molecule has 0 bridgehead atoms. The van der Waals surface area contributed by atoms with E-state index < -0.39 is 6.10 Å². The number of H-pyrrole nitrogens is 1. The first-order valence-electron chi connectivity index (χ1n) is 9.57. The second-order valence-electron chi connectivity index (χ2n) is 7.05. The number of nitrogens with zero attached hydrogens (tertiary/aromatic N) is 1. The third kappa shape index (κ3) is 3.48. The first-order valence-corrected chi connectivity index (χ1v) is 9.57. The van der Waals surface area contributed by atoms with Gasteiger partial charge in [0.05, 0.1) is 11.0 Å². The number of para-hydroxylation sites is 3. The van der Waals surface area contributed by atoms with Crippen molar-refractivity contribution in [2.75, 3.05) is 10.6 Å². The Morgan fingerprint density at radius 1 is 0.967 bits per heavy atom. The third-order valence-corrected chi connectivity index (χ3v) is 4.95. The summed E-state index contributed by atoms with van der Waals surface area (Å²) in [5.41, 5.74) is 3.55. The van der Waals surface area contributed by atoms with Crippen LogP contribution < -0.4 is 15.4 Å². The normalized spacial score (nSPS) is 14.7. The number of amides is 2. The molecule has 0 radical (unpaired) electrons. The zero-order chi connectivity index (χ0) is 20.5. The van der Waals surface area contributed by atoms with Gasteiger partial charge in [0, 0.05) is 17.7 Å². The van der Waals surface area contributed by atoms with Crippen molar-refractivity contribution < 1.29 is 14.3 Å². The van der Waals surface area contributed by atoms with Gasteiger partial charge in [-0.3, -0.25) is 14.9 Å². The molecule has 1 aromatic heterocycles. The number of hydrogen-bond acceptors (Lipinski definition) is 4. The predicted octanol–water partition coefficient (Wildman–Crippen LogP) is 3.76. The van der Waals surface area contributed by atoms with Gasteiger partial charge in [-0.25, -0.2) is 4.98 Å². The predicted molar refractivity (Wildman–Crippen MR) is 114 cm³/mol. The van der Waals surface area contributed by atoms with Gasteiger partial charge in [-0.1, -0.05) is 36.4 Å². The van der Waals surface area contributed by atoms with Gasteiger partial charge in [0.15, 0.2) is 6.10 Å². The molecule has 1 atom stereocenters. The molecule has 2 amide bonds. The van der Waals surface area contributed by atoms with E-state index in [0.717, 1.165) is 22.3 Å². The Hall–Kier alpha value is -4.13. The summed E-state index contributed by atoms with van der Waals surface area (Å²) in [7, 11) is 0. The highest BCUT2D eigenvalue weighted by molar-refractivity contribution is 6.05. The highest BCUT2D eigenvalue weighted by Gasteiger charge is 2.28. The molecular formula is C23H18N4O3. The zero-order valence-electron chi connectivity index (χ0n) is 15.9. The number of imidazole rings is 1. The van der Waals surface area contributed by atoms with Gasteiger partial charge in [0.1, 0.15) is 5.75 Å². The van der Waals surface area contributed by atoms with Crippen molar-refractivity contribution in [3.63, 3.8) is 0 Å². The second kappa shape index (κ2) is 7.36. The lowest BCUT2D eigenvalue weighted by Gasteiger charge is -2.12. The molecule has 4 aromatic rings. The van der Waals surface area contributed by atoms with Crippen LogP contribution in [0.4, 0.5) is 11.6 Å². The van der Waals surface area contributed by atoms with Crippen LogP contribution in [0, 0.1) is 0 Å². The van der Waals surface area contributed by atoms with Crippen molar-refractivity contribution in [3.05, 3.63) is 83.9 Å². The summed E-state index contributed by atoms with van der Waals surface area (Å²) in [5.74, 6) is 0.528. The number of aromatic amines is 1. The minimum absolute atomic E-state index is 0.249. The van der Waals surface area contributed by atoms with E-state index in [9.17, 15) is 9.59 Å². The largest absolute Gasteiger partial charge is 0.480 e. The Bertz CT molecular complexity index is 1210. The Kier molecular flexibility index (Phi) is 4.40. The van der Waals surface area contributed by atoms with Crippen LogP contribution in [0.1, 0.15) is 15.9 Å². The number of nitrogens with one attached hydrogen (secondary N) is 3. The van der Waals surface area contributed by atoms with Crippen molar-refractivity contribution in [1.29, 1.82) is 0 Å². The fourth-order valence-corrected chi connectivity index (χ4v) is 3.48. The number of ether oxygens (including phenoxy) is 1. The highest BCUT2D eigenvalue weighted by Crippen LogP contribution is 2.28. The van der Waals surface area contributed by atoms with Gasteiger partial charge >= 0.3 is 0 Å². The molecule has 0 saturated heterocycles. The molecule has 0 spiro atoms. The highest BCUT2D eigenvalue weighted by atomic mass is 16.5. The van der Waals surface area contributed by atoms with Crippen LogP contribution in [0.25, 0.3) is 11.0 Å². The van der Waals surface area contributed by atoms with Crippen molar-refractivity contribution in [1.82, 2.24) is 9.97 Å². The number of fused-ring (bicyclic) bond motifs is 2. The van der Waals surface area contributed by atoms with Gasteiger partial charge in [-0.2, -0.15) is 0 Å². The van der Waals surface area contributed by atoms with E-state index in [0.29, 0.717) is 23.6 Å². The molecule has 0 saturated carbocycles. The summed E-state index contributed by atoms with van der Waals surface area (Å²) in [6, 6.07) is 21.9. The molecular weight excluding hydrogens is 380 g/mol. The minimum Gasteiger partial charge on any atom is -0.480 e. The number of benzene rings is 3. The summed E-state index contributed by atoms with van der Waals surface area (Å²) in [4.78, 5) is 32.6. The monoisotopic (exact) mass is 398 g/mol. The van der Waals surface area contributed by atoms with Crippen molar-refractivity contribution in [2.24, 2.45) is 0 Å². The molecule has 0 aliphatic carbocycles. The molecule has 1 aliphatic rings. The van der Waals surface area contributed by atoms with Gasteiger partial charge in [-0.15, -0.1) is 0 Å². The van der Waals surface area contributed by atoms with Gasteiger partial charge < -0.3 is 15.0 Å². The summed E-state index contributed by atoms with van der Waals surface area (Å²) in [6.45, 7) is 0. The zero-order valence-corrected chi connectivity index (χ0v) is 15.9. The molecule has 3 aromatic carbocycles. The van der Waals surface area contributed by atoms with Gasteiger partial charge in [-0.05, 0) is 42.0 Å². The SMILES string of the molecule is O=C(Nc1nc2ccccc2[nH]1)c1cccc(NC(=O)C2Cc3ccccc3O2)c1. The first-order chi connectivity index (χ1) is 14.7. The first kappa shape index (κ1) is 17.9. The average molecular weight is 398 g/mol. The number of aromatic nitrogens is 2. The molecule has 7 nitrogen and oxygen atoms in total. The van der Waals surface area contributed by atoms with E-state index in [-0.39, 0.29) is 11.8 Å². The van der Waals surface area contributed by atoms with E-state index in [4.69, 9.17) is 4.74 Å². The molecule has 0 fully saturated rings. The lowest BCUT2D eigenvalue weighted by atomic mass is 10.1. The Balaban J connectivity index is 1.27. The van der Waals surface area contributed by atoms with E-state index in [1.54, 1.807) is 24.3 Å². The standard InChI is InChI=1S/C23H18N4O3/c28-21(27-23-25-17-9-2-3-10-18(17)26-23)15-7-5-8-16(12-15)24-22(29)20-13-14-6-1-4-11-19(14)30-20/h1-12,20H,13H2,(H,24,29)(H2,25,26,27,28). The summed E-state index contributed by atoms with van der Waals surface area (Å²) >= 11 is 0. The summed E-state index contributed by atoms with van der Waals surface area (Å²) in [5, 5.41) is 5.58. The lowest BCUT2D eigenvalue weighted by Crippen LogP contribution is -2.31. The summed E-state index contributed by atoms with van der Waals surface area (Å²) in [6.07, 6.45) is -0.0655. The number of carbonyl (C=O) groups excluding carboxylic acids is 2. The smallest absolute Gasteiger partial charge is 0.265 e. The van der Waals surface area contributed by atoms with E-state index >= 15 is 0 Å². The third-order valence-electron chi connectivity index (χ3n) is 4.95. The lowest BCUT2D eigenvalue weighted by molar-refractivity contribution is -0.122. The average Bonchev–Trinajstić information content (AvgIpc) is 3.37. The van der Waals surface area contributed by atoms with E-state index in [1.807, 2.05) is 48.5 Å². The van der Waals surface area contributed by atoms with Crippen LogP contribution in [-0.4, -0.2) is 27.9 Å². The maximum absolute atomic E-state index is 12.6. The fraction of sp³-hybridized carbons (Fsp3) is 0.0870. The molecule has 3 N–H and O–H groups in total. The van der Waals surface area contributed by atoms with Crippen LogP contribution in [0.2, 0.25) is 0 Å². The molecule has 1 aliphatic heterocycles. The Morgan fingerprint density at radius 3 is 2.67 bits per heavy atom. The number of carbonyl (C=O) groups is 2. The Labute approximate surface area is 172 Å². The van der Waals surface area contributed by atoms with Gasteiger partial charge in [0.25, 0.3) is 11.8 Å². The number of rotatable bonds is 4. The summed E-state index contributed by atoms with van der Waals surface area (Å²) < 4.78 is 5.72. The molecule has 7 heteroatoms. The topological polar surface area (TPSA) is 96.1 Å². The fourth-order valence-electron chi connectivity index (χ4n) is 3.48. The van der Waals surface area contributed by atoms with Crippen LogP contribution in [0.15, 0.2) is 72.8 Å². The quantitative estimate of drug-likeness (QED) is 0.488. The van der Waals surface area contributed by atoms with Crippen LogP contribution in [0.5, 0.6) is 5.75 Å². The Morgan fingerprint density at radius 2 is 1.80 bits per heavy atom. The van der Waals surface area contributed by atoms with E-state index in [1.165, 1.54) is 0 Å². The maximum Gasteiger partial charge on any atom is 0.265 e. The minimum atomic E-state index is -0.588. The van der Waals surface area contributed by atoms with Crippen molar-refractivity contribution in [2.45, 2.75) is 12.5 Å². The molecule has 2 heterocycles. The maximum atomic E-state index is 12.6. The van der Waals surface area contributed by atoms with Crippen LogP contribution >= 0.6 is 0 Å². The second-order valence-corrected chi connectivity index (χ2v) is 7.05. The van der Waals surface area contributed by atoms with Crippen LogP contribution in [0.3, 0.4) is 0 Å². The van der Waals surface area contributed by atoms with Gasteiger partial charge in [0.2, 0.25) is 5.95 Å². The molecule has 5 rings (SSSR count). The van der Waals surface area contributed by atoms with Crippen molar-refractivity contribution in [3.8, 4) is 5.75 Å². The molecule has 1 unspecified atom stereocenters. The number of hydrogen-bond donors (Lipinski definition) is 3. The van der Waals surface area contributed by atoms with Crippen molar-refractivity contribution >= 4 is 34.5 Å².